The summed E-state index contributed by atoms with van der Waals surface area (Å²) < 4.78 is 0. The van der Waals surface area contributed by atoms with E-state index in [0.29, 0.717) is 17.6 Å². The van der Waals surface area contributed by atoms with E-state index >= 15 is 0 Å². The Morgan fingerprint density at radius 3 is 2.55 bits per heavy atom. The quantitative estimate of drug-likeness (QED) is 0.486. The van der Waals surface area contributed by atoms with E-state index in [1.54, 1.807) is 12.1 Å². The largest absolute Gasteiger partial charge is 0.508 e. The maximum atomic E-state index is 10.1. The molecule has 0 atom stereocenters. The molecule has 0 bridgehead atoms. The van der Waals surface area contributed by atoms with Gasteiger partial charge in [-0.15, -0.1) is 0 Å². The zero-order chi connectivity index (χ0) is 22.0. The molecule has 2 aromatic carbocycles. The average molecular weight is 439 g/mol. The van der Waals surface area contributed by atoms with Gasteiger partial charge in [0.25, 0.3) is 0 Å². The van der Waals surface area contributed by atoms with Gasteiger partial charge in [0.2, 0.25) is 0 Å². The molecule has 0 saturated carbocycles. The molecule has 1 aliphatic rings. The number of phenolic OH excluding ortho intramolecular Hbond substituents is 1. The van der Waals surface area contributed by atoms with Gasteiger partial charge in [-0.2, -0.15) is 0 Å². The number of aromatic nitrogens is 1. The van der Waals surface area contributed by atoms with Gasteiger partial charge in [0.1, 0.15) is 11.6 Å². The van der Waals surface area contributed by atoms with E-state index in [1.165, 1.54) is 11.1 Å². The number of phenols is 1. The Balaban J connectivity index is 1.54. The molecule has 0 aliphatic carbocycles. The Bertz CT molecular complexity index is 1060. The van der Waals surface area contributed by atoms with Crippen LogP contribution in [-0.2, 0) is 6.54 Å². The molecular formula is C25H31ClN4O. The van der Waals surface area contributed by atoms with Gasteiger partial charge in [-0.1, -0.05) is 35.9 Å². The van der Waals surface area contributed by atoms with Gasteiger partial charge < -0.3 is 20.6 Å². The average Bonchev–Trinajstić information content (AvgIpc) is 2.72. The summed E-state index contributed by atoms with van der Waals surface area (Å²) in [6.45, 7) is 9.19. The van der Waals surface area contributed by atoms with Crippen molar-refractivity contribution in [3.05, 3.63) is 59.1 Å². The third-order valence-corrected chi connectivity index (χ3v) is 5.91. The zero-order valence-electron chi connectivity index (χ0n) is 18.5. The van der Waals surface area contributed by atoms with E-state index in [2.05, 4.69) is 60.6 Å². The molecule has 4 rings (SSSR count). The van der Waals surface area contributed by atoms with Crippen LogP contribution in [0.3, 0.4) is 0 Å². The number of anilines is 2. The van der Waals surface area contributed by atoms with Crippen molar-refractivity contribution in [3.8, 4) is 5.75 Å². The summed E-state index contributed by atoms with van der Waals surface area (Å²) in [4.78, 5) is 7.27. The van der Waals surface area contributed by atoms with Crippen LogP contribution in [0.25, 0.3) is 10.9 Å². The number of para-hydroxylation sites is 1. The molecule has 3 aromatic rings. The lowest BCUT2D eigenvalue weighted by molar-refractivity contribution is 0.317. The second kappa shape index (κ2) is 8.93. The molecular weight excluding hydrogens is 408 g/mol. The first-order valence-corrected chi connectivity index (χ1v) is 11.3. The molecule has 3 N–H and O–H groups in total. The third kappa shape index (κ3) is 5.41. The van der Waals surface area contributed by atoms with E-state index in [-0.39, 0.29) is 11.3 Å². The summed E-state index contributed by atoms with van der Waals surface area (Å²) in [5.74, 6) is 0.993. The monoisotopic (exact) mass is 438 g/mol. The van der Waals surface area contributed by atoms with Gasteiger partial charge in [-0.3, -0.25) is 0 Å². The van der Waals surface area contributed by atoms with Crippen molar-refractivity contribution in [2.45, 2.75) is 51.7 Å². The van der Waals surface area contributed by atoms with Crippen LogP contribution in [-0.4, -0.2) is 34.8 Å². The molecule has 0 radical (unpaired) electrons. The molecule has 1 aromatic heterocycles. The van der Waals surface area contributed by atoms with Crippen molar-refractivity contribution in [1.29, 1.82) is 0 Å². The number of hydrogen-bond donors (Lipinski definition) is 3. The molecule has 31 heavy (non-hydrogen) atoms. The number of piperidine rings is 1. The highest BCUT2D eigenvalue weighted by Gasteiger charge is 2.24. The summed E-state index contributed by atoms with van der Waals surface area (Å²) in [5.41, 5.74) is 3.11. The maximum Gasteiger partial charge on any atom is 0.129 e. The fourth-order valence-electron chi connectivity index (χ4n) is 4.26. The molecule has 0 unspecified atom stereocenters. The highest BCUT2D eigenvalue weighted by Crippen LogP contribution is 2.31. The van der Waals surface area contributed by atoms with Crippen molar-refractivity contribution >= 4 is 34.0 Å². The minimum Gasteiger partial charge on any atom is -0.508 e. The predicted octanol–water partition coefficient (Wildman–Crippen LogP) is 5.56. The van der Waals surface area contributed by atoms with Crippen LogP contribution in [0, 0.1) is 0 Å². The summed E-state index contributed by atoms with van der Waals surface area (Å²) in [5, 5.41) is 19.0. The summed E-state index contributed by atoms with van der Waals surface area (Å²) in [6.07, 6.45) is 2.24. The SMILES string of the molecule is CC(C)(C)NC1CCN(c2cc(NCc3ccc(Cl)cc3O)nc3ccccc23)CC1. The lowest BCUT2D eigenvalue weighted by atomic mass is 9.99. The van der Waals surface area contributed by atoms with Gasteiger partial charge in [0.15, 0.2) is 0 Å². The topological polar surface area (TPSA) is 60.4 Å². The molecule has 1 fully saturated rings. The number of nitrogens with one attached hydrogen (secondary N) is 2. The summed E-state index contributed by atoms with van der Waals surface area (Å²) >= 11 is 5.95. The maximum absolute atomic E-state index is 10.1. The predicted molar refractivity (Wildman–Crippen MR) is 130 cm³/mol. The second-order valence-electron chi connectivity index (χ2n) is 9.33. The standard InChI is InChI=1S/C25H31ClN4O/c1-25(2,3)29-19-10-12-30(13-11-19)22-15-24(28-21-7-5-4-6-20(21)22)27-16-17-8-9-18(26)14-23(17)31/h4-9,14-15,19,29,31H,10-13,16H2,1-3H3,(H,27,28). The number of benzene rings is 2. The smallest absolute Gasteiger partial charge is 0.129 e. The van der Waals surface area contributed by atoms with Crippen molar-refractivity contribution in [2.24, 2.45) is 0 Å². The van der Waals surface area contributed by atoms with Crippen molar-refractivity contribution in [2.75, 3.05) is 23.3 Å². The van der Waals surface area contributed by atoms with E-state index < -0.39 is 0 Å². The number of rotatable bonds is 5. The Labute approximate surface area is 189 Å². The van der Waals surface area contributed by atoms with E-state index in [4.69, 9.17) is 16.6 Å². The Hall–Kier alpha value is -2.50. The van der Waals surface area contributed by atoms with Gasteiger partial charge in [0.05, 0.1) is 5.52 Å². The molecule has 2 heterocycles. The van der Waals surface area contributed by atoms with E-state index in [9.17, 15) is 5.11 Å². The van der Waals surface area contributed by atoms with Gasteiger partial charge in [0, 0.05) is 58.9 Å². The molecule has 164 valence electrons. The molecule has 1 saturated heterocycles. The van der Waals surface area contributed by atoms with Crippen LogP contribution >= 0.6 is 11.6 Å². The second-order valence-corrected chi connectivity index (χ2v) is 9.76. The van der Waals surface area contributed by atoms with Crippen LogP contribution in [0.2, 0.25) is 5.02 Å². The summed E-state index contributed by atoms with van der Waals surface area (Å²) in [7, 11) is 0. The normalized spacial score (nSPS) is 15.4. The van der Waals surface area contributed by atoms with Crippen molar-refractivity contribution in [3.63, 3.8) is 0 Å². The van der Waals surface area contributed by atoms with E-state index in [0.717, 1.165) is 42.8 Å². The highest BCUT2D eigenvalue weighted by atomic mass is 35.5. The fraction of sp³-hybridized carbons (Fsp3) is 0.400. The number of halogens is 1. The van der Waals surface area contributed by atoms with Crippen molar-refractivity contribution < 1.29 is 5.11 Å². The first-order valence-electron chi connectivity index (χ1n) is 10.9. The first kappa shape index (κ1) is 21.7. The van der Waals surface area contributed by atoms with Crippen LogP contribution in [0.5, 0.6) is 5.75 Å². The highest BCUT2D eigenvalue weighted by molar-refractivity contribution is 6.30. The molecule has 5 nitrogen and oxygen atoms in total. The zero-order valence-corrected chi connectivity index (χ0v) is 19.2. The third-order valence-electron chi connectivity index (χ3n) is 5.67. The van der Waals surface area contributed by atoms with Crippen LogP contribution in [0.1, 0.15) is 39.2 Å². The first-order chi connectivity index (χ1) is 14.8. The number of aromatic hydroxyl groups is 1. The number of nitrogens with zero attached hydrogens (tertiary/aromatic N) is 2. The van der Waals surface area contributed by atoms with Crippen LogP contribution in [0.15, 0.2) is 48.5 Å². The van der Waals surface area contributed by atoms with Crippen LogP contribution < -0.4 is 15.5 Å². The number of hydrogen-bond acceptors (Lipinski definition) is 5. The molecule has 1 aliphatic heterocycles. The minimum absolute atomic E-state index is 0.139. The fourth-order valence-corrected chi connectivity index (χ4v) is 4.42. The Morgan fingerprint density at radius 2 is 1.84 bits per heavy atom. The number of fused-ring (bicyclic) bond motifs is 1. The van der Waals surface area contributed by atoms with Gasteiger partial charge in [-0.05, 0) is 51.8 Å². The lowest BCUT2D eigenvalue weighted by Gasteiger charge is -2.37. The molecule has 0 amide bonds. The van der Waals surface area contributed by atoms with E-state index in [1.807, 2.05) is 12.1 Å². The molecule has 6 heteroatoms. The minimum atomic E-state index is 0.139. The Morgan fingerprint density at radius 1 is 1.10 bits per heavy atom. The van der Waals surface area contributed by atoms with Crippen molar-refractivity contribution in [1.82, 2.24) is 10.3 Å². The molecule has 0 spiro atoms. The number of pyridine rings is 1. The summed E-state index contributed by atoms with van der Waals surface area (Å²) in [6, 6.07) is 16.2. The Kier molecular flexibility index (Phi) is 6.26. The lowest BCUT2D eigenvalue weighted by Crippen LogP contribution is -2.49. The van der Waals surface area contributed by atoms with Gasteiger partial charge in [-0.25, -0.2) is 4.98 Å². The van der Waals surface area contributed by atoms with Crippen LogP contribution in [0.4, 0.5) is 11.5 Å². The van der Waals surface area contributed by atoms with Gasteiger partial charge >= 0.3 is 0 Å².